The van der Waals surface area contributed by atoms with E-state index in [1.807, 2.05) is 30.3 Å². The molecule has 0 spiro atoms. The SMILES string of the molecule is CC(c1cccc([N+](=O)[O-])c1)N(C)C(=O)c1nn(Cc2ccccc2)c(=O)c2ccccc12. The number of amides is 1. The number of hydrogen-bond donors (Lipinski definition) is 0. The Morgan fingerprint density at radius 3 is 2.39 bits per heavy atom. The van der Waals surface area contributed by atoms with Gasteiger partial charge in [0.25, 0.3) is 17.2 Å². The van der Waals surface area contributed by atoms with Crippen molar-refractivity contribution in [2.24, 2.45) is 0 Å². The Morgan fingerprint density at radius 2 is 1.70 bits per heavy atom. The van der Waals surface area contributed by atoms with Gasteiger partial charge in [0.1, 0.15) is 0 Å². The second-order valence-electron chi connectivity index (χ2n) is 7.79. The van der Waals surface area contributed by atoms with Crippen LogP contribution in [-0.2, 0) is 6.54 Å². The molecule has 1 heterocycles. The maximum Gasteiger partial charge on any atom is 0.275 e. The Bertz CT molecular complexity index is 1400. The van der Waals surface area contributed by atoms with Crippen LogP contribution in [0.1, 0.15) is 34.6 Å². The van der Waals surface area contributed by atoms with Gasteiger partial charge in [0, 0.05) is 24.6 Å². The first-order valence-corrected chi connectivity index (χ1v) is 10.4. The Balaban J connectivity index is 1.75. The quantitative estimate of drug-likeness (QED) is 0.329. The van der Waals surface area contributed by atoms with Gasteiger partial charge in [-0.15, -0.1) is 0 Å². The minimum absolute atomic E-state index is 0.0415. The average molecular weight is 442 g/mol. The van der Waals surface area contributed by atoms with Crippen molar-refractivity contribution in [3.63, 3.8) is 0 Å². The van der Waals surface area contributed by atoms with E-state index in [9.17, 15) is 19.7 Å². The molecule has 166 valence electrons. The summed E-state index contributed by atoms with van der Waals surface area (Å²) in [6.45, 7) is 2.02. The molecule has 4 rings (SSSR count). The van der Waals surface area contributed by atoms with Crippen molar-refractivity contribution in [2.45, 2.75) is 19.5 Å². The Kier molecular flexibility index (Phi) is 5.99. The number of carbonyl (C=O) groups excluding carboxylic acids is 1. The second kappa shape index (κ2) is 9.04. The number of rotatable bonds is 6. The first-order valence-electron chi connectivity index (χ1n) is 10.4. The summed E-state index contributed by atoms with van der Waals surface area (Å²) >= 11 is 0. The van der Waals surface area contributed by atoms with Gasteiger partial charge < -0.3 is 4.90 Å². The topological polar surface area (TPSA) is 98.3 Å². The van der Waals surface area contributed by atoms with Crippen molar-refractivity contribution in [2.75, 3.05) is 7.05 Å². The molecule has 33 heavy (non-hydrogen) atoms. The highest BCUT2D eigenvalue weighted by atomic mass is 16.6. The summed E-state index contributed by atoms with van der Waals surface area (Å²) in [7, 11) is 1.62. The summed E-state index contributed by atoms with van der Waals surface area (Å²) in [6.07, 6.45) is 0. The first kappa shape index (κ1) is 21.9. The molecule has 0 aliphatic carbocycles. The van der Waals surface area contributed by atoms with E-state index in [1.54, 1.807) is 50.4 Å². The fourth-order valence-corrected chi connectivity index (χ4v) is 3.72. The summed E-state index contributed by atoms with van der Waals surface area (Å²) in [5, 5.41) is 16.5. The lowest BCUT2D eigenvalue weighted by Gasteiger charge is -2.25. The van der Waals surface area contributed by atoms with Gasteiger partial charge in [-0.1, -0.05) is 60.7 Å². The molecular formula is C25H22N4O4. The minimum Gasteiger partial charge on any atom is -0.334 e. The number of non-ortho nitro benzene ring substituents is 1. The maximum atomic E-state index is 13.5. The molecule has 0 aliphatic heterocycles. The zero-order valence-electron chi connectivity index (χ0n) is 18.2. The lowest BCUT2D eigenvalue weighted by molar-refractivity contribution is -0.384. The van der Waals surface area contributed by atoms with E-state index in [0.717, 1.165) is 5.56 Å². The normalized spacial score (nSPS) is 11.8. The van der Waals surface area contributed by atoms with Gasteiger partial charge in [0.05, 0.1) is 22.9 Å². The summed E-state index contributed by atoms with van der Waals surface area (Å²) in [5.41, 5.74) is 1.35. The molecule has 3 aromatic carbocycles. The fourth-order valence-electron chi connectivity index (χ4n) is 3.72. The van der Waals surface area contributed by atoms with Crippen molar-refractivity contribution in [1.82, 2.24) is 14.7 Å². The van der Waals surface area contributed by atoms with Crippen molar-refractivity contribution in [3.8, 4) is 0 Å². The van der Waals surface area contributed by atoms with Crippen LogP contribution in [0, 0.1) is 10.1 Å². The van der Waals surface area contributed by atoms with Crippen molar-refractivity contribution in [3.05, 3.63) is 116 Å². The van der Waals surface area contributed by atoms with Gasteiger partial charge in [-0.3, -0.25) is 19.7 Å². The maximum absolute atomic E-state index is 13.5. The van der Waals surface area contributed by atoms with Gasteiger partial charge in [-0.2, -0.15) is 5.10 Å². The number of fused-ring (bicyclic) bond motifs is 1. The molecule has 0 radical (unpaired) electrons. The molecule has 0 bridgehead atoms. The van der Waals surface area contributed by atoms with E-state index in [2.05, 4.69) is 5.10 Å². The Morgan fingerprint density at radius 1 is 1.03 bits per heavy atom. The van der Waals surface area contributed by atoms with Crippen molar-refractivity contribution in [1.29, 1.82) is 0 Å². The lowest BCUT2D eigenvalue weighted by atomic mass is 10.1. The van der Waals surface area contributed by atoms with Crippen LogP contribution in [0.25, 0.3) is 10.8 Å². The lowest BCUT2D eigenvalue weighted by Crippen LogP contribution is -2.33. The molecule has 1 atom stereocenters. The Hall–Kier alpha value is -4.33. The van der Waals surface area contributed by atoms with E-state index in [-0.39, 0.29) is 29.4 Å². The highest BCUT2D eigenvalue weighted by Crippen LogP contribution is 2.25. The van der Waals surface area contributed by atoms with E-state index < -0.39 is 11.0 Å². The molecule has 1 amide bonds. The largest absolute Gasteiger partial charge is 0.334 e. The minimum atomic E-state index is -0.466. The Labute approximate surface area is 189 Å². The second-order valence-corrected chi connectivity index (χ2v) is 7.79. The number of benzene rings is 3. The van der Waals surface area contributed by atoms with Crippen LogP contribution in [-0.4, -0.2) is 32.6 Å². The zero-order valence-corrected chi connectivity index (χ0v) is 18.2. The third kappa shape index (κ3) is 4.36. The molecule has 0 saturated carbocycles. The standard InChI is InChI=1S/C25H22N4O4/c1-17(19-11-8-12-20(15-19)29(32)33)27(2)25(31)23-21-13-6-7-14-22(21)24(30)28(26-23)16-18-9-4-3-5-10-18/h3-15,17H,16H2,1-2H3. The van der Waals surface area contributed by atoms with Gasteiger partial charge in [0.15, 0.2) is 5.69 Å². The van der Waals surface area contributed by atoms with E-state index >= 15 is 0 Å². The smallest absolute Gasteiger partial charge is 0.275 e. The molecule has 8 heteroatoms. The number of carbonyl (C=O) groups is 1. The molecule has 1 unspecified atom stereocenters. The molecule has 0 saturated heterocycles. The highest BCUT2D eigenvalue weighted by molar-refractivity contribution is 6.04. The van der Waals surface area contributed by atoms with Gasteiger partial charge in [-0.05, 0) is 24.1 Å². The molecular weight excluding hydrogens is 420 g/mol. The number of aromatic nitrogens is 2. The molecule has 0 fully saturated rings. The van der Waals surface area contributed by atoms with Crippen molar-refractivity contribution >= 4 is 22.4 Å². The fraction of sp³-hybridized carbons (Fsp3) is 0.160. The van der Waals surface area contributed by atoms with E-state index in [1.165, 1.54) is 21.7 Å². The summed E-state index contributed by atoms with van der Waals surface area (Å²) in [6, 6.07) is 22.1. The average Bonchev–Trinajstić information content (AvgIpc) is 2.85. The highest BCUT2D eigenvalue weighted by Gasteiger charge is 2.25. The number of nitrogens with zero attached hydrogens (tertiary/aromatic N) is 4. The predicted octanol–water partition coefficient (Wildman–Crippen LogP) is 4.19. The van der Waals surface area contributed by atoms with Gasteiger partial charge >= 0.3 is 0 Å². The molecule has 4 aromatic rings. The third-order valence-electron chi connectivity index (χ3n) is 5.71. The summed E-state index contributed by atoms with van der Waals surface area (Å²) in [4.78, 5) is 38.7. The van der Waals surface area contributed by atoms with E-state index in [0.29, 0.717) is 16.3 Å². The first-order chi connectivity index (χ1) is 15.9. The van der Waals surface area contributed by atoms with Crippen LogP contribution in [0.2, 0.25) is 0 Å². The number of hydrogen-bond acceptors (Lipinski definition) is 5. The predicted molar refractivity (Wildman–Crippen MR) is 125 cm³/mol. The molecule has 8 nitrogen and oxygen atoms in total. The summed E-state index contributed by atoms with van der Waals surface area (Å²) < 4.78 is 1.30. The van der Waals surface area contributed by atoms with Gasteiger partial charge in [0.2, 0.25) is 0 Å². The molecule has 1 aromatic heterocycles. The van der Waals surface area contributed by atoms with E-state index in [4.69, 9.17) is 0 Å². The van der Waals surface area contributed by atoms with Crippen LogP contribution in [0.15, 0.2) is 83.7 Å². The van der Waals surface area contributed by atoms with Crippen LogP contribution in [0.5, 0.6) is 0 Å². The monoisotopic (exact) mass is 442 g/mol. The van der Waals surface area contributed by atoms with Crippen LogP contribution in [0.3, 0.4) is 0 Å². The van der Waals surface area contributed by atoms with Crippen LogP contribution >= 0.6 is 0 Å². The van der Waals surface area contributed by atoms with Crippen LogP contribution in [0.4, 0.5) is 5.69 Å². The molecule has 0 aliphatic rings. The third-order valence-corrected chi connectivity index (χ3v) is 5.71. The van der Waals surface area contributed by atoms with Crippen molar-refractivity contribution < 1.29 is 9.72 Å². The van der Waals surface area contributed by atoms with Gasteiger partial charge in [-0.25, -0.2) is 4.68 Å². The summed E-state index contributed by atoms with van der Waals surface area (Å²) in [5.74, 6) is -0.382. The molecule has 0 N–H and O–H groups in total. The van der Waals surface area contributed by atoms with Crippen LogP contribution < -0.4 is 5.56 Å². The zero-order chi connectivity index (χ0) is 23.5. The number of nitro groups is 1. The number of nitro benzene ring substituents is 1.